The Bertz CT molecular complexity index is 159. The van der Waals surface area contributed by atoms with E-state index in [4.69, 9.17) is 0 Å². The van der Waals surface area contributed by atoms with Gasteiger partial charge in [0.25, 0.3) is 0 Å². The van der Waals surface area contributed by atoms with Crippen LogP contribution in [0.3, 0.4) is 0 Å². The van der Waals surface area contributed by atoms with Crippen molar-refractivity contribution >= 4 is 5.78 Å². The molecule has 1 atom stereocenters. The Morgan fingerprint density at radius 2 is 2.00 bits per heavy atom. The van der Waals surface area contributed by atoms with Gasteiger partial charge in [-0.1, -0.05) is 26.2 Å². The van der Waals surface area contributed by atoms with Crippen LogP contribution in [0.25, 0.3) is 0 Å². The first-order chi connectivity index (χ1) is 6.24. The largest absolute Gasteiger partial charge is 0.392 e. The fraction of sp³-hybridized carbons (Fsp3) is 0.909. The summed E-state index contributed by atoms with van der Waals surface area (Å²) < 4.78 is 0. The third-order valence-corrected chi connectivity index (χ3v) is 3.03. The summed E-state index contributed by atoms with van der Waals surface area (Å²) in [6.45, 7) is 1.86. The molecular weight excluding hydrogens is 164 g/mol. The van der Waals surface area contributed by atoms with Crippen molar-refractivity contribution in [1.82, 2.24) is 0 Å². The molecule has 1 aliphatic rings. The maximum atomic E-state index is 11.1. The van der Waals surface area contributed by atoms with Crippen molar-refractivity contribution in [3.63, 3.8) is 0 Å². The van der Waals surface area contributed by atoms with Crippen molar-refractivity contribution in [3.8, 4) is 0 Å². The molecule has 0 aliphatic heterocycles. The van der Waals surface area contributed by atoms with Gasteiger partial charge in [0.2, 0.25) is 0 Å². The second-order valence-corrected chi connectivity index (χ2v) is 4.06. The highest BCUT2D eigenvalue weighted by atomic mass is 16.3. The monoisotopic (exact) mass is 184 g/mol. The summed E-state index contributed by atoms with van der Waals surface area (Å²) in [5, 5.41) is 9.75. The number of rotatable bonds is 4. The standard InChI is InChI=1S/C11H20O2/c1-2-10(12)8-11(13)9-6-4-3-5-7-9/h9,11,13H,2-8H2,1H3. The van der Waals surface area contributed by atoms with Crippen molar-refractivity contribution < 1.29 is 9.90 Å². The Labute approximate surface area is 80.3 Å². The predicted molar refractivity (Wildman–Crippen MR) is 52.5 cm³/mol. The predicted octanol–water partition coefficient (Wildman–Crippen LogP) is 2.30. The zero-order valence-corrected chi connectivity index (χ0v) is 8.46. The first-order valence-electron chi connectivity index (χ1n) is 5.43. The molecule has 1 aliphatic carbocycles. The summed E-state index contributed by atoms with van der Waals surface area (Å²) in [5.74, 6) is 0.585. The molecule has 0 aromatic carbocycles. The lowest BCUT2D eigenvalue weighted by molar-refractivity contribution is -0.121. The summed E-state index contributed by atoms with van der Waals surface area (Å²) in [5.41, 5.74) is 0. The van der Waals surface area contributed by atoms with E-state index in [-0.39, 0.29) is 11.9 Å². The molecule has 0 aromatic rings. The van der Waals surface area contributed by atoms with Gasteiger partial charge >= 0.3 is 0 Å². The van der Waals surface area contributed by atoms with Crippen molar-refractivity contribution in [3.05, 3.63) is 0 Å². The number of aliphatic hydroxyl groups excluding tert-OH is 1. The first-order valence-corrected chi connectivity index (χ1v) is 5.43. The van der Waals surface area contributed by atoms with Crippen LogP contribution in [0.5, 0.6) is 0 Å². The lowest BCUT2D eigenvalue weighted by Crippen LogP contribution is -2.25. The number of carbonyl (C=O) groups excluding carboxylic acids is 1. The Balaban J connectivity index is 2.28. The second-order valence-electron chi connectivity index (χ2n) is 4.06. The number of hydrogen-bond donors (Lipinski definition) is 1. The van der Waals surface area contributed by atoms with Crippen molar-refractivity contribution in [2.45, 2.75) is 58.0 Å². The number of aliphatic hydroxyl groups is 1. The van der Waals surface area contributed by atoms with Crippen LogP contribution < -0.4 is 0 Å². The smallest absolute Gasteiger partial charge is 0.135 e. The van der Waals surface area contributed by atoms with Crippen LogP contribution >= 0.6 is 0 Å². The van der Waals surface area contributed by atoms with Crippen LogP contribution in [0, 0.1) is 5.92 Å². The van der Waals surface area contributed by atoms with Crippen LogP contribution in [0.15, 0.2) is 0 Å². The third-order valence-electron chi connectivity index (χ3n) is 3.03. The molecule has 0 spiro atoms. The quantitative estimate of drug-likeness (QED) is 0.728. The van der Waals surface area contributed by atoms with E-state index in [1.165, 1.54) is 19.3 Å². The molecule has 1 fully saturated rings. The summed E-state index contributed by atoms with van der Waals surface area (Å²) in [7, 11) is 0. The molecule has 2 nitrogen and oxygen atoms in total. The molecule has 0 bridgehead atoms. The van der Waals surface area contributed by atoms with Gasteiger partial charge < -0.3 is 5.11 Å². The lowest BCUT2D eigenvalue weighted by atomic mass is 9.83. The van der Waals surface area contributed by atoms with Gasteiger partial charge in [-0.3, -0.25) is 4.79 Å². The van der Waals surface area contributed by atoms with Gasteiger partial charge in [-0.15, -0.1) is 0 Å². The summed E-state index contributed by atoms with van der Waals surface area (Å²) in [6.07, 6.45) is 6.53. The normalized spacial score (nSPS) is 21.4. The van der Waals surface area contributed by atoms with Crippen molar-refractivity contribution in [2.75, 3.05) is 0 Å². The molecule has 13 heavy (non-hydrogen) atoms. The van der Waals surface area contributed by atoms with E-state index in [9.17, 15) is 9.90 Å². The first kappa shape index (κ1) is 10.7. The molecular formula is C11H20O2. The fourth-order valence-corrected chi connectivity index (χ4v) is 2.06. The van der Waals surface area contributed by atoms with Crippen molar-refractivity contribution in [1.29, 1.82) is 0 Å². The van der Waals surface area contributed by atoms with Crippen LogP contribution in [-0.2, 0) is 4.79 Å². The van der Waals surface area contributed by atoms with E-state index in [1.807, 2.05) is 6.92 Å². The topological polar surface area (TPSA) is 37.3 Å². The number of ketones is 1. The fourth-order valence-electron chi connectivity index (χ4n) is 2.06. The van der Waals surface area contributed by atoms with Gasteiger partial charge in [0, 0.05) is 12.8 Å². The molecule has 0 aromatic heterocycles. The average Bonchev–Trinajstić information content (AvgIpc) is 2.19. The van der Waals surface area contributed by atoms with E-state index in [2.05, 4.69) is 0 Å². The molecule has 1 N–H and O–H groups in total. The molecule has 0 amide bonds. The minimum absolute atomic E-state index is 0.193. The lowest BCUT2D eigenvalue weighted by Gasteiger charge is -2.25. The Hall–Kier alpha value is -0.370. The molecule has 1 unspecified atom stereocenters. The number of Topliss-reactive ketones (excluding diaryl/α,β-unsaturated/α-hetero) is 1. The third kappa shape index (κ3) is 3.47. The van der Waals surface area contributed by atoms with E-state index in [1.54, 1.807) is 0 Å². The highest BCUT2D eigenvalue weighted by Crippen LogP contribution is 2.27. The van der Waals surface area contributed by atoms with Crippen molar-refractivity contribution in [2.24, 2.45) is 5.92 Å². The molecule has 1 rings (SSSR count). The van der Waals surface area contributed by atoms with Crippen LogP contribution in [0.1, 0.15) is 51.9 Å². The highest BCUT2D eigenvalue weighted by Gasteiger charge is 2.22. The zero-order valence-electron chi connectivity index (χ0n) is 8.46. The minimum atomic E-state index is -0.368. The molecule has 0 saturated heterocycles. The van der Waals surface area contributed by atoms with E-state index in [0.29, 0.717) is 18.8 Å². The maximum Gasteiger partial charge on any atom is 0.135 e. The summed E-state index contributed by atoms with van der Waals surface area (Å²) >= 11 is 0. The zero-order chi connectivity index (χ0) is 9.68. The minimum Gasteiger partial charge on any atom is -0.392 e. The maximum absolute atomic E-state index is 11.1. The summed E-state index contributed by atoms with van der Waals surface area (Å²) in [4.78, 5) is 11.1. The molecule has 0 radical (unpaired) electrons. The molecule has 1 saturated carbocycles. The van der Waals surface area contributed by atoms with E-state index < -0.39 is 0 Å². The van der Waals surface area contributed by atoms with Crippen LogP contribution in [0.4, 0.5) is 0 Å². The van der Waals surface area contributed by atoms with Crippen LogP contribution in [-0.4, -0.2) is 17.0 Å². The number of hydrogen-bond acceptors (Lipinski definition) is 2. The molecule has 76 valence electrons. The second kappa shape index (κ2) is 5.38. The van der Waals surface area contributed by atoms with Gasteiger partial charge in [-0.2, -0.15) is 0 Å². The Morgan fingerprint density at radius 1 is 1.38 bits per heavy atom. The van der Waals surface area contributed by atoms with E-state index >= 15 is 0 Å². The number of carbonyl (C=O) groups is 1. The molecule has 2 heteroatoms. The summed E-state index contributed by atoms with van der Waals surface area (Å²) in [6, 6.07) is 0. The van der Waals surface area contributed by atoms with Gasteiger partial charge in [0.1, 0.15) is 5.78 Å². The van der Waals surface area contributed by atoms with Gasteiger partial charge in [0.15, 0.2) is 0 Å². The van der Waals surface area contributed by atoms with E-state index in [0.717, 1.165) is 12.8 Å². The molecule has 0 heterocycles. The van der Waals surface area contributed by atoms with Gasteiger partial charge in [-0.25, -0.2) is 0 Å². The average molecular weight is 184 g/mol. The van der Waals surface area contributed by atoms with Gasteiger partial charge in [-0.05, 0) is 18.8 Å². The highest BCUT2D eigenvalue weighted by molar-refractivity contribution is 5.78. The SMILES string of the molecule is CCC(=O)CC(O)C1CCCCC1. The Morgan fingerprint density at radius 3 is 2.54 bits per heavy atom. The van der Waals surface area contributed by atoms with Crippen LogP contribution in [0.2, 0.25) is 0 Å². The Kier molecular flexibility index (Phi) is 4.43. The van der Waals surface area contributed by atoms with Gasteiger partial charge in [0.05, 0.1) is 6.10 Å².